The van der Waals surface area contributed by atoms with E-state index >= 15 is 0 Å². The summed E-state index contributed by atoms with van der Waals surface area (Å²) in [5.74, 6) is -1.73. The number of halogens is 2. The summed E-state index contributed by atoms with van der Waals surface area (Å²) < 4.78 is 19.6. The van der Waals surface area contributed by atoms with Crippen LogP contribution in [0.3, 0.4) is 0 Å². The van der Waals surface area contributed by atoms with Crippen LogP contribution < -0.4 is 0 Å². The molecule has 4 atom stereocenters. The molecule has 11 heteroatoms. The molecule has 6 N–H and O–H groups in total. The second-order valence-corrected chi connectivity index (χ2v) is 2.99. The third-order valence-corrected chi connectivity index (χ3v) is 1.51. The van der Waals surface area contributed by atoms with Crippen molar-refractivity contribution in [1.29, 1.82) is 0 Å². The van der Waals surface area contributed by atoms with Crippen molar-refractivity contribution in [3.63, 3.8) is 0 Å². The molecule has 0 saturated carbocycles. The van der Waals surface area contributed by atoms with Crippen LogP contribution in [0, 0.1) is 0 Å². The fraction of sp³-hybridized carbons (Fsp3) is 0.833. The van der Waals surface area contributed by atoms with Crippen LogP contribution in [-0.4, -0.2) is 89.9 Å². The van der Waals surface area contributed by atoms with E-state index in [1.807, 2.05) is 0 Å². The average molecular weight is 418 g/mol. The monoisotopic (exact) mass is 418 g/mol. The molecule has 0 aromatic carbocycles. The van der Waals surface area contributed by atoms with E-state index < -0.39 is 59.3 Å². The van der Waals surface area contributed by atoms with Gasteiger partial charge in [-0.2, -0.15) is 0 Å². The number of hydrogen-bond donors (Lipinski definition) is 6. The van der Waals surface area contributed by atoms with E-state index in [1.54, 1.807) is 0 Å². The Labute approximate surface area is 120 Å². The van der Waals surface area contributed by atoms with Crippen molar-refractivity contribution < 1.29 is 60.6 Å². The van der Waals surface area contributed by atoms with Crippen LogP contribution in [0.1, 0.15) is 0 Å². The smallest absolute Gasteiger partial charge is 0 e. The van der Waals surface area contributed by atoms with E-state index in [0.29, 0.717) is 0 Å². The first-order valence-electron chi connectivity index (χ1n) is 3.85. The largest absolute Gasteiger partial charge is 0 e. The van der Waals surface area contributed by atoms with Gasteiger partial charge < -0.3 is 30.6 Å². The SMILES string of the molecule is O=C(O)[C@H](O)[C@@H](O)[C@H](O)[C@H](O)CO.[F][Sn][F].[Zn]. The summed E-state index contributed by atoms with van der Waals surface area (Å²) in [5.41, 5.74) is 0. The minimum Gasteiger partial charge on any atom is 0 e. The molecule has 2 radical (unpaired) electrons. The molecule has 0 fully saturated rings. The van der Waals surface area contributed by atoms with Gasteiger partial charge in [0.2, 0.25) is 0 Å². The Morgan fingerprint density at radius 2 is 1.47 bits per heavy atom. The maximum Gasteiger partial charge on any atom is 0 e. The zero-order valence-electron chi connectivity index (χ0n) is 8.57. The van der Waals surface area contributed by atoms with Crippen molar-refractivity contribution in [2.45, 2.75) is 24.4 Å². The molecule has 0 aliphatic rings. The van der Waals surface area contributed by atoms with Crippen LogP contribution in [-0.2, 0) is 24.3 Å². The van der Waals surface area contributed by atoms with Gasteiger partial charge in [-0.3, -0.25) is 0 Å². The maximum absolute atomic E-state index is 10.1. The number of carbonyl (C=O) groups is 1. The van der Waals surface area contributed by atoms with E-state index in [0.717, 1.165) is 0 Å². The number of rotatable bonds is 5. The van der Waals surface area contributed by atoms with Gasteiger partial charge in [0.15, 0.2) is 6.10 Å². The fourth-order valence-corrected chi connectivity index (χ4v) is 0.668. The summed E-state index contributed by atoms with van der Waals surface area (Å²) in [7, 11) is 0. The van der Waals surface area contributed by atoms with Gasteiger partial charge in [0.25, 0.3) is 0 Å². The number of hydrogen-bond acceptors (Lipinski definition) is 6. The molecule has 0 saturated heterocycles. The van der Waals surface area contributed by atoms with Gasteiger partial charge >= 0.3 is 34.0 Å². The van der Waals surface area contributed by atoms with Crippen LogP contribution in [0.4, 0.5) is 5.73 Å². The standard InChI is InChI=1S/C6H12O7.2FH.Sn.Zn/c7-1-2(8)3(9)4(10)5(11)6(12)13;;;;/h2-5,7-11H,1H2,(H,12,13);2*1H;;/q;;;+2;/p-2/t2-,3-,4+,5-;;;;/m1..../s1. The Morgan fingerprint density at radius 1 is 1.12 bits per heavy atom. The van der Waals surface area contributed by atoms with Gasteiger partial charge in [-0.05, 0) is 0 Å². The minimum atomic E-state index is -2.77. The van der Waals surface area contributed by atoms with E-state index in [2.05, 4.69) is 0 Å². The molecule has 0 aliphatic carbocycles. The fourth-order valence-electron chi connectivity index (χ4n) is 0.668. The first kappa shape index (κ1) is 22.7. The second kappa shape index (κ2) is 13.0. The van der Waals surface area contributed by atoms with Crippen LogP contribution in [0.25, 0.3) is 0 Å². The van der Waals surface area contributed by atoms with Crippen molar-refractivity contribution >= 4 is 28.3 Å². The quantitative estimate of drug-likeness (QED) is 0.261. The normalized spacial score (nSPS) is 16.6. The summed E-state index contributed by atoms with van der Waals surface area (Å²) in [4.78, 5) is 10.1. The Balaban J connectivity index is -0.000000440. The van der Waals surface area contributed by atoms with Crippen molar-refractivity contribution in [3.05, 3.63) is 0 Å². The molecule has 0 aromatic heterocycles. The summed E-state index contributed by atoms with van der Waals surface area (Å²) in [6, 6.07) is 0. The summed E-state index contributed by atoms with van der Waals surface area (Å²) in [6.45, 7) is -0.843. The summed E-state index contributed by atoms with van der Waals surface area (Å²) in [6.07, 6.45) is -7.84. The Morgan fingerprint density at radius 3 is 1.71 bits per heavy atom. The van der Waals surface area contributed by atoms with Gasteiger partial charge in [-0.25, -0.2) is 4.79 Å². The topological polar surface area (TPSA) is 138 Å². The first-order valence-corrected chi connectivity index (χ1v) is 6.01. The third-order valence-electron chi connectivity index (χ3n) is 1.51. The molecular formula is C6H12F2O7SnZn. The van der Waals surface area contributed by atoms with Gasteiger partial charge in [0.05, 0.1) is 6.61 Å². The van der Waals surface area contributed by atoms with Crippen LogP contribution in [0.5, 0.6) is 0 Å². The Hall–Kier alpha value is 0.552. The van der Waals surface area contributed by atoms with Crippen molar-refractivity contribution in [1.82, 2.24) is 0 Å². The maximum atomic E-state index is 10.1. The molecule has 17 heavy (non-hydrogen) atoms. The first-order chi connectivity index (χ1) is 7.33. The van der Waals surface area contributed by atoms with Crippen molar-refractivity contribution in [2.75, 3.05) is 6.61 Å². The average Bonchev–Trinajstić information content (AvgIpc) is 2.25. The number of carboxylic acid groups (broad SMARTS) is 1. The molecular weight excluding hydrogens is 406 g/mol. The molecule has 0 bridgehead atoms. The van der Waals surface area contributed by atoms with Crippen molar-refractivity contribution in [2.24, 2.45) is 0 Å². The van der Waals surface area contributed by atoms with E-state index in [-0.39, 0.29) is 19.5 Å². The predicted octanol–water partition coefficient (Wildman–Crippen LogP) is -3.04. The zero-order chi connectivity index (χ0) is 13.3. The van der Waals surface area contributed by atoms with Gasteiger partial charge in [-0.15, -0.1) is 0 Å². The molecule has 7 nitrogen and oxygen atoms in total. The molecule has 98 valence electrons. The van der Waals surface area contributed by atoms with Crippen LogP contribution in [0.2, 0.25) is 0 Å². The minimum absolute atomic E-state index is 0. The number of aliphatic carboxylic acids is 1. The van der Waals surface area contributed by atoms with E-state index in [4.69, 9.17) is 30.6 Å². The third kappa shape index (κ3) is 10.2. The van der Waals surface area contributed by atoms with Gasteiger partial charge in [0, 0.05) is 19.5 Å². The van der Waals surface area contributed by atoms with Gasteiger partial charge in [0.1, 0.15) is 18.3 Å². The Bertz CT molecular complexity index is 201. The second-order valence-electron chi connectivity index (χ2n) is 2.59. The summed E-state index contributed by atoms with van der Waals surface area (Å²) >= 11 is -2.77. The van der Waals surface area contributed by atoms with Crippen LogP contribution in [0.15, 0.2) is 0 Å². The predicted molar refractivity (Wildman–Crippen MR) is 46.7 cm³/mol. The Kier molecular flexibility index (Phi) is 17.4. The molecule has 0 unspecified atom stereocenters. The number of aliphatic hydroxyl groups is 5. The molecule has 0 aromatic rings. The summed E-state index contributed by atoms with van der Waals surface area (Å²) in [5, 5.41) is 51.8. The molecule has 0 heterocycles. The molecule has 0 spiro atoms. The van der Waals surface area contributed by atoms with Gasteiger partial charge in [-0.1, -0.05) is 0 Å². The number of aliphatic hydroxyl groups excluding tert-OH is 5. The number of carboxylic acids is 1. The molecule has 0 rings (SSSR count). The zero-order valence-corrected chi connectivity index (χ0v) is 14.4. The van der Waals surface area contributed by atoms with E-state index in [9.17, 15) is 10.5 Å². The van der Waals surface area contributed by atoms with E-state index in [1.165, 1.54) is 0 Å². The van der Waals surface area contributed by atoms with Crippen LogP contribution >= 0.6 is 0 Å². The van der Waals surface area contributed by atoms with Crippen molar-refractivity contribution in [3.8, 4) is 0 Å². The molecule has 0 amide bonds. The molecule has 0 aliphatic heterocycles.